The molecule has 1 aromatic carbocycles. The van der Waals surface area contributed by atoms with E-state index in [0.29, 0.717) is 18.4 Å². The highest BCUT2D eigenvalue weighted by atomic mass is 32.2. The number of rotatable bonds is 9. The van der Waals surface area contributed by atoms with Crippen LogP contribution in [-0.4, -0.2) is 49.6 Å². The summed E-state index contributed by atoms with van der Waals surface area (Å²) >= 11 is 1.48. The SMILES string of the molecule is COC[C@H](C)n1c(C)cc(C(=O)CSc2nnc(-c3c[nH]c4ccccc34)n2C2CC2)c1C. The van der Waals surface area contributed by atoms with E-state index in [1.165, 1.54) is 11.8 Å². The molecule has 3 heterocycles. The van der Waals surface area contributed by atoms with Crippen LogP contribution in [0, 0.1) is 13.8 Å². The van der Waals surface area contributed by atoms with E-state index in [0.717, 1.165) is 57.2 Å². The van der Waals surface area contributed by atoms with Gasteiger partial charge in [0.2, 0.25) is 0 Å². The number of carbonyl (C=O) groups is 1. The van der Waals surface area contributed by atoms with Crippen LogP contribution in [0.2, 0.25) is 0 Å². The van der Waals surface area contributed by atoms with Gasteiger partial charge in [-0.2, -0.15) is 0 Å². The summed E-state index contributed by atoms with van der Waals surface area (Å²) < 4.78 is 9.72. The van der Waals surface area contributed by atoms with Crippen molar-refractivity contribution in [2.45, 2.75) is 50.9 Å². The zero-order valence-corrected chi connectivity index (χ0v) is 20.3. The van der Waals surface area contributed by atoms with Gasteiger partial charge in [-0.3, -0.25) is 9.36 Å². The number of ketones is 1. The van der Waals surface area contributed by atoms with Crippen LogP contribution < -0.4 is 0 Å². The van der Waals surface area contributed by atoms with E-state index in [-0.39, 0.29) is 11.8 Å². The molecule has 1 N–H and O–H groups in total. The Labute approximate surface area is 197 Å². The number of aromatic amines is 1. The van der Waals surface area contributed by atoms with E-state index < -0.39 is 0 Å². The number of nitrogens with one attached hydrogen (secondary N) is 1. The first-order chi connectivity index (χ1) is 16.0. The molecule has 0 aliphatic heterocycles. The lowest BCUT2D eigenvalue weighted by Crippen LogP contribution is -2.14. The van der Waals surface area contributed by atoms with Gasteiger partial charge in [-0.1, -0.05) is 30.0 Å². The average molecular weight is 464 g/mol. The van der Waals surface area contributed by atoms with Crippen LogP contribution >= 0.6 is 11.8 Å². The maximum absolute atomic E-state index is 13.2. The van der Waals surface area contributed by atoms with Crippen LogP contribution in [0.3, 0.4) is 0 Å². The van der Waals surface area contributed by atoms with Gasteiger partial charge in [0.1, 0.15) is 0 Å². The highest BCUT2D eigenvalue weighted by Gasteiger charge is 2.31. The summed E-state index contributed by atoms with van der Waals surface area (Å²) in [5, 5.41) is 11.0. The smallest absolute Gasteiger partial charge is 0.192 e. The molecular weight excluding hydrogens is 434 g/mol. The Balaban J connectivity index is 1.39. The van der Waals surface area contributed by atoms with Crippen LogP contribution in [0.1, 0.15) is 53.6 Å². The fraction of sp³-hybridized carbons (Fsp3) is 0.400. The molecule has 1 aliphatic rings. The molecule has 1 fully saturated rings. The van der Waals surface area contributed by atoms with Crippen LogP contribution in [-0.2, 0) is 4.74 Å². The minimum atomic E-state index is 0.114. The highest BCUT2D eigenvalue weighted by Crippen LogP contribution is 2.42. The number of nitrogens with zero attached hydrogens (tertiary/aromatic N) is 4. The van der Waals surface area contributed by atoms with Crippen LogP contribution in [0.5, 0.6) is 0 Å². The summed E-state index contributed by atoms with van der Waals surface area (Å²) in [6.45, 7) is 6.77. The summed E-state index contributed by atoms with van der Waals surface area (Å²) in [4.78, 5) is 16.5. The Hall–Kier alpha value is -2.84. The first-order valence-corrected chi connectivity index (χ1v) is 12.3. The molecule has 8 heteroatoms. The maximum atomic E-state index is 13.2. The van der Waals surface area contributed by atoms with Gasteiger partial charge >= 0.3 is 0 Å². The molecule has 0 radical (unpaired) electrons. The molecule has 33 heavy (non-hydrogen) atoms. The van der Waals surface area contributed by atoms with Crippen LogP contribution in [0.15, 0.2) is 41.7 Å². The van der Waals surface area contributed by atoms with Gasteiger partial charge in [0, 0.05) is 52.8 Å². The van der Waals surface area contributed by atoms with E-state index >= 15 is 0 Å². The number of H-pyrrole nitrogens is 1. The number of hydrogen-bond donors (Lipinski definition) is 1. The molecule has 1 saturated carbocycles. The lowest BCUT2D eigenvalue weighted by molar-refractivity contribution is 0.102. The van der Waals surface area contributed by atoms with Crippen LogP contribution in [0.4, 0.5) is 0 Å². The summed E-state index contributed by atoms with van der Waals surface area (Å²) in [5.41, 5.74) is 4.98. The number of thioether (sulfide) groups is 1. The van der Waals surface area contributed by atoms with Gasteiger partial charge in [-0.05, 0) is 45.7 Å². The number of hydrogen-bond acceptors (Lipinski definition) is 5. The van der Waals surface area contributed by atoms with Crippen molar-refractivity contribution in [2.24, 2.45) is 0 Å². The largest absolute Gasteiger partial charge is 0.383 e. The third kappa shape index (κ3) is 4.02. The molecule has 0 amide bonds. The van der Waals surface area contributed by atoms with E-state index in [2.05, 4.69) is 43.4 Å². The van der Waals surface area contributed by atoms with Crippen molar-refractivity contribution in [3.05, 3.63) is 53.5 Å². The molecule has 0 saturated heterocycles. The summed E-state index contributed by atoms with van der Waals surface area (Å²) in [7, 11) is 1.70. The van der Waals surface area contributed by atoms with Crippen molar-refractivity contribution >= 4 is 28.4 Å². The van der Waals surface area contributed by atoms with E-state index in [9.17, 15) is 4.79 Å². The quantitative estimate of drug-likeness (QED) is 0.267. The third-order valence-electron chi connectivity index (χ3n) is 6.37. The van der Waals surface area contributed by atoms with Gasteiger partial charge in [0.25, 0.3) is 0 Å². The number of benzene rings is 1. The summed E-state index contributed by atoms with van der Waals surface area (Å²) in [5.74, 6) is 1.32. The van der Waals surface area contributed by atoms with Crippen molar-refractivity contribution in [1.82, 2.24) is 24.3 Å². The van der Waals surface area contributed by atoms with Crippen molar-refractivity contribution in [2.75, 3.05) is 19.5 Å². The number of carbonyl (C=O) groups excluding carboxylic acids is 1. The average Bonchev–Trinajstić information content (AvgIpc) is 3.29. The van der Waals surface area contributed by atoms with Gasteiger partial charge in [0.15, 0.2) is 16.8 Å². The standard InChI is InChI=1S/C25H29N5O2S/c1-15-11-20(17(3)29(15)16(2)13-32-4)23(31)14-33-25-28-27-24(30(25)18-9-10-18)21-12-26-22-8-6-5-7-19(21)22/h5-8,11-12,16,18,26H,9-10,13-14H2,1-4H3/t16-/m0/s1. The van der Waals surface area contributed by atoms with Gasteiger partial charge in [-0.15, -0.1) is 10.2 Å². The monoisotopic (exact) mass is 463 g/mol. The molecule has 1 aliphatic carbocycles. The van der Waals surface area contributed by atoms with Crippen molar-refractivity contribution in [3.63, 3.8) is 0 Å². The molecule has 3 aromatic heterocycles. The number of aryl methyl sites for hydroxylation is 1. The molecule has 7 nitrogen and oxygen atoms in total. The Morgan fingerprint density at radius 1 is 1.27 bits per heavy atom. The second kappa shape index (κ2) is 8.83. The molecule has 0 unspecified atom stereocenters. The van der Waals surface area contributed by atoms with E-state index in [1.807, 2.05) is 38.2 Å². The minimum Gasteiger partial charge on any atom is -0.383 e. The van der Waals surface area contributed by atoms with Gasteiger partial charge in [-0.25, -0.2) is 0 Å². The second-order valence-electron chi connectivity index (χ2n) is 8.83. The Morgan fingerprint density at radius 3 is 2.82 bits per heavy atom. The Kier molecular flexibility index (Phi) is 5.88. The number of methoxy groups -OCH3 is 1. The number of Topliss-reactive ketones (excluding diaryl/α,β-unsaturated/α-hetero) is 1. The predicted molar refractivity (Wildman–Crippen MR) is 131 cm³/mol. The second-order valence-corrected chi connectivity index (χ2v) is 9.77. The van der Waals surface area contributed by atoms with E-state index in [4.69, 9.17) is 4.74 Å². The molecule has 172 valence electrons. The minimum absolute atomic E-state index is 0.114. The Morgan fingerprint density at radius 2 is 2.06 bits per heavy atom. The molecule has 1 atom stereocenters. The number of aromatic nitrogens is 5. The van der Waals surface area contributed by atoms with Crippen LogP contribution in [0.25, 0.3) is 22.3 Å². The lowest BCUT2D eigenvalue weighted by atomic mass is 10.1. The topological polar surface area (TPSA) is 77.7 Å². The number of ether oxygens (including phenoxy) is 1. The first kappa shape index (κ1) is 22.0. The summed E-state index contributed by atoms with van der Waals surface area (Å²) in [6.07, 6.45) is 4.24. The molecular formula is C25H29N5O2S. The fourth-order valence-corrected chi connectivity index (χ4v) is 5.63. The van der Waals surface area contributed by atoms with Gasteiger partial charge < -0.3 is 14.3 Å². The first-order valence-electron chi connectivity index (χ1n) is 11.3. The third-order valence-corrected chi connectivity index (χ3v) is 7.32. The Bertz CT molecular complexity index is 1310. The predicted octanol–water partition coefficient (Wildman–Crippen LogP) is 5.36. The number of fused-ring (bicyclic) bond motifs is 1. The van der Waals surface area contributed by atoms with E-state index in [1.54, 1.807) is 7.11 Å². The zero-order chi connectivity index (χ0) is 23.1. The molecule has 4 aromatic rings. The normalized spacial score (nSPS) is 14.8. The van der Waals surface area contributed by atoms with Crippen molar-refractivity contribution in [3.8, 4) is 11.4 Å². The maximum Gasteiger partial charge on any atom is 0.192 e. The molecule has 0 spiro atoms. The zero-order valence-electron chi connectivity index (χ0n) is 19.5. The van der Waals surface area contributed by atoms with Crippen molar-refractivity contribution < 1.29 is 9.53 Å². The lowest BCUT2D eigenvalue weighted by Gasteiger charge is -2.17. The molecule has 0 bridgehead atoms. The summed E-state index contributed by atoms with van der Waals surface area (Å²) in [6, 6.07) is 10.8. The highest BCUT2D eigenvalue weighted by molar-refractivity contribution is 7.99. The fourth-order valence-electron chi connectivity index (χ4n) is 4.74. The van der Waals surface area contributed by atoms with Gasteiger partial charge in [0.05, 0.1) is 18.4 Å². The molecule has 5 rings (SSSR count). The van der Waals surface area contributed by atoms with Crippen molar-refractivity contribution in [1.29, 1.82) is 0 Å². The number of para-hydroxylation sites is 1.